The maximum atomic E-state index is 10.0. The zero-order chi connectivity index (χ0) is 12.7. The summed E-state index contributed by atoms with van der Waals surface area (Å²) in [6.45, 7) is 0.0726. The van der Waals surface area contributed by atoms with Gasteiger partial charge < -0.3 is 25.3 Å². The quantitative estimate of drug-likeness (QED) is 0.607. The van der Waals surface area contributed by atoms with E-state index in [9.17, 15) is 5.11 Å². The molecule has 18 heavy (non-hydrogen) atoms. The first-order valence-corrected chi connectivity index (χ1v) is 5.56. The van der Waals surface area contributed by atoms with E-state index in [0.29, 0.717) is 23.6 Å². The van der Waals surface area contributed by atoms with E-state index < -0.39 is 12.2 Å². The highest BCUT2D eigenvalue weighted by atomic mass is 16.5. The molecule has 0 aromatic carbocycles. The second-order valence-electron chi connectivity index (χ2n) is 4.20. The second-order valence-corrected chi connectivity index (χ2v) is 4.20. The molecule has 0 radical (unpaired) electrons. The van der Waals surface area contributed by atoms with Gasteiger partial charge in [0.2, 0.25) is 0 Å². The van der Waals surface area contributed by atoms with E-state index in [0.717, 1.165) is 0 Å². The number of anilines is 1. The van der Waals surface area contributed by atoms with Gasteiger partial charge in [0.05, 0.1) is 25.6 Å². The van der Waals surface area contributed by atoms with Crippen LogP contribution in [0, 0.1) is 0 Å². The van der Waals surface area contributed by atoms with Crippen LogP contribution < -0.4 is 5.73 Å². The smallest absolute Gasteiger partial charge is 0.165 e. The SMILES string of the molecule is Nc1ncnc2c1ncn2[C@H]1CO[C@@H](CO)[C@H]1O. The zero-order valence-corrected chi connectivity index (χ0v) is 9.47. The molecular formula is C10H13N5O3. The van der Waals surface area contributed by atoms with Crippen LogP contribution in [0.5, 0.6) is 0 Å². The van der Waals surface area contributed by atoms with Crippen molar-refractivity contribution in [3.05, 3.63) is 12.7 Å². The van der Waals surface area contributed by atoms with Crippen molar-refractivity contribution in [3.63, 3.8) is 0 Å². The van der Waals surface area contributed by atoms with Gasteiger partial charge in [-0.25, -0.2) is 15.0 Å². The summed E-state index contributed by atoms with van der Waals surface area (Å²) in [6, 6.07) is -0.332. The molecule has 8 heteroatoms. The molecule has 1 aliphatic rings. The van der Waals surface area contributed by atoms with Gasteiger partial charge in [-0.15, -0.1) is 0 Å². The van der Waals surface area contributed by atoms with Crippen LogP contribution in [0.25, 0.3) is 11.2 Å². The fourth-order valence-electron chi connectivity index (χ4n) is 2.19. The molecule has 0 amide bonds. The Morgan fingerprint density at radius 3 is 3.00 bits per heavy atom. The van der Waals surface area contributed by atoms with E-state index in [1.807, 2.05) is 0 Å². The molecule has 1 fully saturated rings. The molecule has 0 aliphatic carbocycles. The fraction of sp³-hybridized carbons (Fsp3) is 0.500. The van der Waals surface area contributed by atoms with Crippen molar-refractivity contribution in [3.8, 4) is 0 Å². The van der Waals surface area contributed by atoms with Crippen LogP contribution in [0.3, 0.4) is 0 Å². The molecule has 1 aliphatic heterocycles. The lowest BCUT2D eigenvalue weighted by molar-refractivity contribution is 0.00206. The third-order valence-corrected chi connectivity index (χ3v) is 3.18. The number of nitrogens with two attached hydrogens (primary N) is 1. The molecule has 3 heterocycles. The topological polar surface area (TPSA) is 119 Å². The lowest BCUT2D eigenvalue weighted by Crippen LogP contribution is -2.30. The van der Waals surface area contributed by atoms with E-state index in [1.165, 1.54) is 6.33 Å². The van der Waals surface area contributed by atoms with Crippen molar-refractivity contribution < 1.29 is 14.9 Å². The number of fused-ring (bicyclic) bond motifs is 1. The minimum atomic E-state index is -0.802. The van der Waals surface area contributed by atoms with E-state index >= 15 is 0 Å². The number of rotatable bonds is 2. The second kappa shape index (κ2) is 4.16. The number of aliphatic hydroxyl groups excluding tert-OH is 2. The van der Waals surface area contributed by atoms with E-state index in [-0.39, 0.29) is 12.6 Å². The standard InChI is InChI=1S/C10H13N5O3/c11-9-7-10(13-3-12-9)15(4-14-7)5-2-18-6(1-16)8(5)17/h3-6,8,16-17H,1-2H2,(H2,11,12,13)/t5-,6-,8-/m0/s1. The molecule has 3 rings (SSSR count). The van der Waals surface area contributed by atoms with Gasteiger partial charge in [0, 0.05) is 0 Å². The number of nitrogen functional groups attached to an aromatic ring is 1. The lowest BCUT2D eigenvalue weighted by atomic mass is 10.1. The fourth-order valence-corrected chi connectivity index (χ4v) is 2.19. The molecular weight excluding hydrogens is 238 g/mol. The molecule has 8 nitrogen and oxygen atoms in total. The van der Waals surface area contributed by atoms with Crippen molar-refractivity contribution in [1.29, 1.82) is 0 Å². The van der Waals surface area contributed by atoms with Gasteiger partial charge in [-0.1, -0.05) is 0 Å². The maximum absolute atomic E-state index is 10.0. The summed E-state index contributed by atoms with van der Waals surface area (Å²) in [6.07, 6.45) is 1.52. The molecule has 2 aromatic heterocycles. The molecule has 96 valence electrons. The number of aromatic nitrogens is 4. The van der Waals surface area contributed by atoms with Gasteiger partial charge in [-0.3, -0.25) is 0 Å². The molecule has 4 N–H and O–H groups in total. The van der Waals surface area contributed by atoms with Crippen LogP contribution in [0.2, 0.25) is 0 Å². The number of nitrogens with zero attached hydrogens (tertiary/aromatic N) is 4. The van der Waals surface area contributed by atoms with Crippen molar-refractivity contribution in [2.24, 2.45) is 0 Å². The monoisotopic (exact) mass is 251 g/mol. The first kappa shape index (κ1) is 11.3. The highest BCUT2D eigenvalue weighted by Gasteiger charge is 2.37. The summed E-state index contributed by atoms with van der Waals surface area (Å²) < 4.78 is 7.01. The number of hydrogen-bond donors (Lipinski definition) is 3. The van der Waals surface area contributed by atoms with Gasteiger partial charge in [-0.05, 0) is 0 Å². The Balaban J connectivity index is 2.03. The van der Waals surface area contributed by atoms with E-state index in [4.69, 9.17) is 15.6 Å². The number of aliphatic hydroxyl groups is 2. The van der Waals surface area contributed by atoms with Crippen molar-refractivity contribution in [2.45, 2.75) is 18.2 Å². The predicted octanol–water partition coefficient (Wildman–Crippen LogP) is -1.30. The van der Waals surface area contributed by atoms with Gasteiger partial charge >= 0.3 is 0 Å². The average molecular weight is 251 g/mol. The largest absolute Gasteiger partial charge is 0.394 e. The van der Waals surface area contributed by atoms with E-state index in [1.54, 1.807) is 10.9 Å². The average Bonchev–Trinajstić information content (AvgIpc) is 2.93. The predicted molar refractivity (Wildman–Crippen MR) is 61.6 cm³/mol. The first-order valence-electron chi connectivity index (χ1n) is 5.56. The molecule has 0 saturated carbocycles. The highest BCUT2D eigenvalue weighted by molar-refractivity contribution is 5.81. The minimum absolute atomic E-state index is 0.221. The van der Waals surface area contributed by atoms with Crippen LogP contribution in [0.4, 0.5) is 5.82 Å². The molecule has 1 saturated heterocycles. The number of imidazole rings is 1. The summed E-state index contributed by atoms with van der Waals surface area (Å²) in [7, 11) is 0. The Kier molecular flexibility index (Phi) is 2.62. The van der Waals surface area contributed by atoms with Crippen molar-refractivity contribution in [2.75, 3.05) is 18.9 Å². The molecule has 0 unspecified atom stereocenters. The molecule has 0 bridgehead atoms. The number of ether oxygens (including phenoxy) is 1. The molecule has 3 atom stereocenters. The molecule has 0 spiro atoms. The van der Waals surface area contributed by atoms with Gasteiger partial charge in [0.15, 0.2) is 11.5 Å². The van der Waals surface area contributed by atoms with Crippen molar-refractivity contribution >= 4 is 17.0 Å². The summed E-state index contributed by atoms with van der Waals surface area (Å²) in [5, 5.41) is 19.1. The summed E-state index contributed by atoms with van der Waals surface area (Å²) in [5.41, 5.74) is 6.74. The Hall–Kier alpha value is -1.77. The zero-order valence-electron chi connectivity index (χ0n) is 9.47. The summed E-state index contributed by atoms with van der Waals surface area (Å²) in [5.74, 6) is 0.297. The summed E-state index contributed by atoms with van der Waals surface area (Å²) >= 11 is 0. The Labute approximate surface area is 102 Å². The first-order chi connectivity index (χ1) is 8.72. The van der Waals surface area contributed by atoms with Gasteiger partial charge in [0.1, 0.15) is 24.1 Å². The normalized spacial score (nSPS) is 28.0. The third-order valence-electron chi connectivity index (χ3n) is 3.18. The number of hydrogen-bond acceptors (Lipinski definition) is 7. The van der Waals surface area contributed by atoms with Crippen LogP contribution >= 0.6 is 0 Å². The third kappa shape index (κ3) is 1.54. The van der Waals surface area contributed by atoms with Crippen LogP contribution in [0.1, 0.15) is 6.04 Å². The van der Waals surface area contributed by atoms with Crippen molar-refractivity contribution in [1.82, 2.24) is 19.5 Å². The highest BCUT2D eigenvalue weighted by Crippen LogP contribution is 2.28. The summed E-state index contributed by atoms with van der Waals surface area (Å²) in [4.78, 5) is 12.1. The minimum Gasteiger partial charge on any atom is -0.394 e. The Morgan fingerprint density at radius 2 is 2.28 bits per heavy atom. The van der Waals surface area contributed by atoms with Gasteiger partial charge in [0.25, 0.3) is 0 Å². The van der Waals surface area contributed by atoms with Crippen LogP contribution in [0.15, 0.2) is 12.7 Å². The molecule has 2 aromatic rings. The Bertz CT molecular complexity index is 572. The van der Waals surface area contributed by atoms with Crippen LogP contribution in [-0.2, 0) is 4.74 Å². The van der Waals surface area contributed by atoms with Crippen LogP contribution in [-0.4, -0.2) is 55.2 Å². The maximum Gasteiger partial charge on any atom is 0.165 e. The van der Waals surface area contributed by atoms with E-state index in [2.05, 4.69) is 15.0 Å². The van der Waals surface area contributed by atoms with Gasteiger partial charge in [-0.2, -0.15) is 0 Å². The lowest BCUT2D eigenvalue weighted by Gasteiger charge is -2.17. The Morgan fingerprint density at radius 1 is 1.44 bits per heavy atom.